The second-order valence-corrected chi connectivity index (χ2v) is 7.14. The number of esters is 1. The van der Waals surface area contributed by atoms with Gasteiger partial charge >= 0.3 is 12.1 Å². The van der Waals surface area contributed by atoms with Crippen LogP contribution in [0.1, 0.15) is 27.2 Å². The third-order valence-electron chi connectivity index (χ3n) is 3.98. The standard InChI is InChI=1S/C17H22N2O4/c1-16(2,3)22-14(20)13-9-17(10-18-13)11-19(15(21)23-17)12-7-5-4-6-8-12/h4-8,13,18H,9-11H2,1-3H3. The molecule has 23 heavy (non-hydrogen) atoms. The van der Waals surface area contributed by atoms with E-state index < -0.39 is 17.2 Å². The van der Waals surface area contributed by atoms with Gasteiger partial charge in [0.25, 0.3) is 0 Å². The summed E-state index contributed by atoms with van der Waals surface area (Å²) in [5, 5.41) is 3.13. The minimum Gasteiger partial charge on any atom is -0.459 e. The first-order valence-corrected chi connectivity index (χ1v) is 7.80. The molecule has 1 aromatic rings. The molecule has 124 valence electrons. The van der Waals surface area contributed by atoms with E-state index in [0.717, 1.165) is 5.69 Å². The Balaban J connectivity index is 1.69. The van der Waals surface area contributed by atoms with Gasteiger partial charge in [-0.2, -0.15) is 0 Å². The van der Waals surface area contributed by atoms with E-state index in [2.05, 4.69) is 5.32 Å². The van der Waals surface area contributed by atoms with Gasteiger partial charge in [-0.1, -0.05) is 18.2 Å². The number of carbonyl (C=O) groups excluding carboxylic acids is 2. The summed E-state index contributed by atoms with van der Waals surface area (Å²) in [7, 11) is 0. The lowest BCUT2D eigenvalue weighted by Gasteiger charge is -2.23. The van der Waals surface area contributed by atoms with Crippen LogP contribution in [0.5, 0.6) is 0 Å². The summed E-state index contributed by atoms with van der Waals surface area (Å²) in [5.74, 6) is -0.302. The Labute approximate surface area is 135 Å². The van der Waals surface area contributed by atoms with Crippen LogP contribution in [0.3, 0.4) is 0 Å². The molecule has 2 fully saturated rings. The predicted molar refractivity (Wildman–Crippen MR) is 85.3 cm³/mol. The number of carbonyl (C=O) groups is 2. The van der Waals surface area contributed by atoms with Gasteiger partial charge in [-0.25, -0.2) is 4.79 Å². The normalized spacial score (nSPS) is 27.3. The molecule has 1 aromatic carbocycles. The van der Waals surface area contributed by atoms with Crippen molar-refractivity contribution in [2.45, 2.75) is 44.4 Å². The summed E-state index contributed by atoms with van der Waals surface area (Å²) in [4.78, 5) is 26.0. The molecule has 0 aliphatic carbocycles. The molecule has 2 unspecified atom stereocenters. The highest BCUT2D eigenvalue weighted by molar-refractivity contribution is 5.90. The van der Waals surface area contributed by atoms with Gasteiger partial charge < -0.3 is 14.8 Å². The van der Waals surface area contributed by atoms with Gasteiger partial charge in [-0.3, -0.25) is 9.69 Å². The Morgan fingerprint density at radius 2 is 2.04 bits per heavy atom. The first-order valence-electron chi connectivity index (χ1n) is 7.80. The van der Waals surface area contributed by atoms with Gasteiger partial charge in [0.2, 0.25) is 0 Å². The maximum atomic E-state index is 12.2. The fraction of sp³-hybridized carbons (Fsp3) is 0.529. The molecule has 6 nitrogen and oxygen atoms in total. The molecular formula is C17H22N2O4. The molecule has 2 aliphatic heterocycles. The van der Waals surface area contributed by atoms with E-state index in [1.54, 1.807) is 4.90 Å². The highest BCUT2D eigenvalue weighted by Crippen LogP contribution is 2.34. The highest BCUT2D eigenvalue weighted by atomic mass is 16.6. The molecule has 2 atom stereocenters. The van der Waals surface area contributed by atoms with Crippen LogP contribution in [0, 0.1) is 0 Å². The van der Waals surface area contributed by atoms with Crippen molar-refractivity contribution in [2.75, 3.05) is 18.0 Å². The molecule has 2 aliphatic rings. The second-order valence-electron chi connectivity index (χ2n) is 7.14. The number of anilines is 1. The van der Waals surface area contributed by atoms with Gasteiger partial charge in [0.05, 0.1) is 6.54 Å². The number of nitrogens with zero attached hydrogens (tertiary/aromatic N) is 1. The Bertz CT molecular complexity index is 611. The molecule has 3 rings (SSSR count). The van der Waals surface area contributed by atoms with Gasteiger partial charge in [0.1, 0.15) is 17.2 Å². The predicted octanol–water partition coefficient (Wildman–Crippen LogP) is 2.09. The van der Waals surface area contributed by atoms with E-state index in [9.17, 15) is 9.59 Å². The molecule has 6 heteroatoms. The lowest BCUT2D eigenvalue weighted by molar-refractivity contribution is -0.157. The van der Waals surface area contributed by atoms with Crippen molar-refractivity contribution >= 4 is 17.7 Å². The monoisotopic (exact) mass is 318 g/mol. The maximum absolute atomic E-state index is 12.2. The fourth-order valence-electron chi connectivity index (χ4n) is 2.99. The van der Waals surface area contributed by atoms with Crippen molar-refractivity contribution in [2.24, 2.45) is 0 Å². The number of para-hydroxylation sites is 1. The zero-order valence-electron chi connectivity index (χ0n) is 13.7. The van der Waals surface area contributed by atoms with Crippen molar-refractivity contribution < 1.29 is 19.1 Å². The van der Waals surface area contributed by atoms with Crippen LogP contribution >= 0.6 is 0 Å². The van der Waals surface area contributed by atoms with Crippen molar-refractivity contribution in [1.29, 1.82) is 0 Å². The van der Waals surface area contributed by atoms with E-state index in [1.807, 2.05) is 51.1 Å². The van der Waals surface area contributed by atoms with Crippen LogP contribution in [0.15, 0.2) is 30.3 Å². The number of ether oxygens (including phenoxy) is 2. The fourth-order valence-corrected chi connectivity index (χ4v) is 2.99. The Hall–Kier alpha value is -2.08. The third kappa shape index (κ3) is 3.32. The Morgan fingerprint density at radius 3 is 2.70 bits per heavy atom. The summed E-state index contributed by atoms with van der Waals surface area (Å²) in [6.07, 6.45) is 0.0552. The lowest BCUT2D eigenvalue weighted by atomic mass is 10.00. The van der Waals surface area contributed by atoms with Crippen LogP contribution in [-0.2, 0) is 14.3 Å². The smallest absolute Gasteiger partial charge is 0.415 e. The SMILES string of the molecule is CC(C)(C)OC(=O)C1CC2(CN1)CN(c1ccccc1)C(=O)O2. The first kappa shape index (κ1) is 15.8. The molecule has 1 N–H and O–H groups in total. The van der Waals surface area contributed by atoms with E-state index in [0.29, 0.717) is 19.5 Å². The minimum atomic E-state index is -0.672. The largest absolute Gasteiger partial charge is 0.459 e. The van der Waals surface area contributed by atoms with Gasteiger partial charge in [0, 0.05) is 18.7 Å². The summed E-state index contributed by atoms with van der Waals surface area (Å²) in [6.45, 7) is 6.39. The zero-order chi connectivity index (χ0) is 16.7. The van der Waals surface area contributed by atoms with Crippen molar-refractivity contribution in [3.63, 3.8) is 0 Å². The van der Waals surface area contributed by atoms with Crippen molar-refractivity contribution in [3.05, 3.63) is 30.3 Å². The molecule has 2 heterocycles. The lowest BCUT2D eigenvalue weighted by Crippen LogP contribution is -2.37. The number of hydrogen-bond acceptors (Lipinski definition) is 5. The third-order valence-corrected chi connectivity index (χ3v) is 3.98. The summed E-state index contributed by atoms with van der Waals surface area (Å²) >= 11 is 0. The summed E-state index contributed by atoms with van der Waals surface area (Å²) in [5.41, 5.74) is -0.402. The second kappa shape index (κ2) is 5.53. The summed E-state index contributed by atoms with van der Waals surface area (Å²) in [6, 6.07) is 8.95. The topological polar surface area (TPSA) is 67.9 Å². The average molecular weight is 318 g/mol. The van der Waals surface area contributed by atoms with Crippen LogP contribution < -0.4 is 10.2 Å². The molecule has 1 spiro atoms. The molecule has 0 bridgehead atoms. The molecule has 0 saturated carbocycles. The zero-order valence-corrected chi connectivity index (χ0v) is 13.7. The molecule has 0 radical (unpaired) electrons. The van der Waals surface area contributed by atoms with E-state index >= 15 is 0 Å². The number of amides is 1. The van der Waals surface area contributed by atoms with Crippen LogP contribution in [0.25, 0.3) is 0 Å². The molecular weight excluding hydrogens is 296 g/mol. The summed E-state index contributed by atoms with van der Waals surface area (Å²) < 4.78 is 11.0. The van der Waals surface area contributed by atoms with Crippen molar-refractivity contribution in [3.8, 4) is 0 Å². The van der Waals surface area contributed by atoms with Gasteiger partial charge in [-0.05, 0) is 32.9 Å². The van der Waals surface area contributed by atoms with E-state index in [1.165, 1.54) is 0 Å². The van der Waals surface area contributed by atoms with Crippen LogP contribution in [0.4, 0.5) is 10.5 Å². The maximum Gasteiger partial charge on any atom is 0.415 e. The first-order chi connectivity index (χ1) is 10.8. The Kier molecular flexibility index (Phi) is 3.80. The van der Waals surface area contributed by atoms with Gasteiger partial charge in [-0.15, -0.1) is 0 Å². The quantitative estimate of drug-likeness (QED) is 0.846. The van der Waals surface area contributed by atoms with Crippen LogP contribution in [-0.4, -0.2) is 42.4 Å². The van der Waals surface area contributed by atoms with Crippen LogP contribution in [0.2, 0.25) is 0 Å². The van der Waals surface area contributed by atoms with E-state index in [-0.39, 0.29) is 12.1 Å². The molecule has 1 amide bonds. The number of nitrogens with one attached hydrogen (secondary N) is 1. The minimum absolute atomic E-state index is 0.302. The van der Waals surface area contributed by atoms with Gasteiger partial charge in [0.15, 0.2) is 0 Å². The Morgan fingerprint density at radius 1 is 1.35 bits per heavy atom. The average Bonchev–Trinajstić information content (AvgIpc) is 3.02. The number of rotatable bonds is 2. The molecule has 0 aromatic heterocycles. The number of benzene rings is 1. The molecule has 2 saturated heterocycles. The van der Waals surface area contributed by atoms with E-state index in [4.69, 9.17) is 9.47 Å². The van der Waals surface area contributed by atoms with Crippen molar-refractivity contribution in [1.82, 2.24) is 5.32 Å². The number of hydrogen-bond donors (Lipinski definition) is 1. The highest BCUT2D eigenvalue weighted by Gasteiger charge is 2.52.